The van der Waals surface area contributed by atoms with Crippen LogP contribution in [-0.4, -0.2) is 74.4 Å². The fourth-order valence-corrected chi connectivity index (χ4v) is 4.74. The summed E-state index contributed by atoms with van der Waals surface area (Å²) >= 11 is 0. The highest BCUT2D eigenvalue weighted by Gasteiger charge is 2.29. The number of aromatic hydroxyl groups is 1. The Morgan fingerprint density at radius 1 is 0.967 bits per heavy atom. The molecule has 1 N–H and O–H groups in total. The van der Waals surface area contributed by atoms with Crippen LogP contribution in [0.4, 0.5) is 5.69 Å². The number of benzene rings is 2. The normalized spacial score (nSPS) is 20.9. The molecule has 2 aromatic carbocycles. The summed E-state index contributed by atoms with van der Waals surface area (Å²) in [5.74, 6) is 1.97. The van der Waals surface area contributed by atoms with Crippen LogP contribution in [0.25, 0.3) is 0 Å². The van der Waals surface area contributed by atoms with Crippen molar-refractivity contribution >= 4 is 5.69 Å². The Labute approximate surface area is 179 Å². The molecule has 0 unspecified atom stereocenters. The number of para-hydroxylation sites is 2. The number of piperidine rings is 1. The van der Waals surface area contributed by atoms with Crippen LogP contribution in [0.1, 0.15) is 18.4 Å². The first-order valence-electron chi connectivity index (χ1n) is 10.9. The molecule has 0 amide bonds. The zero-order valence-corrected chi connectivity index (χ0v) is 18.1. The van der Waals surface area contributed by atoms with E-state index >= 15 is 0 Å². The number of phenolic OH excluding ortho intramolecular Hbond substituents is 1. The first kappa shape index (κ1) is 20.8. The Morgan fingerprint density at radius 2 is 1.77 bits per heavy atom. The molecule has 6 nitrogen and oxygen atoms in total. The van der Waals surface area contributed by atoms with E-state index in [2.05, 4.69) is 26.8 Å². The van der Waals surface area contributed by atoms with Crippen molar-refractivity contribution in [1.29, 1.82) is 0 Å². The molecule has 0 bridgehead atoms. The zero-order chi connectivity index (χ0) is 20.9. The zero-order valence-electron chi connectivity index (χ0n) is 18.1. The molecule has 1 atom stereocenters. The van der Waals surface area contributed by atoms with Crippen molar-refractivity contribution in [2.75, 3.05) is 58.4 Å². The van der Waals surface area contributed by atoms with Gasteiger partial charge in [-0.25, -0.2) is 0 Å². The maximum Gasteiger partial charge on any atom is 0.142 e. The van der Waals surface area contributed by atoms with Crippen molar-refractivity contribution < 1.29 is 14.6 Å². The van der Waals surface area contributed by atoms with Gasteiger partial charge in [-0.15, -0.1) is 0 Å². The number of piperazine rings is 1. The minimum Gasteiger partial charge on any atom is -0.507 e. The second-order valence-electron chi connectivity index (χ2n) is 8.22. The average molecular weight is 412 g/mol. The van der Waals surface area contributed by atoms with Crippen LogP contribution in [0, 0.1) is 0 Å². The van der Waals surface area contributed by atoms with Crippen molar-refractivity contribution in [2.45, 2.75) is 25.4 Å². The Balaban J connectivity index is 1.33. The van der Waals surface area contributed by atoms with Gasteiger partial charge in [-0.05, 0) is 37.6 Å². The summed E-state index contributed by atoms with van der Waals surface area (Å²) in [6, 6.07) is 14.5. The van der Waals surface area contributed by atoms with Gasteiger partial charge < -0.3 is 19.5 Å². The van der Waals surface area contributed by atoms with Crippen molar-refractivity contribution in [3.63, 3.8) is 0 Å². The van der Waals surface area contributed by atoms with E-state index in [1.165, 1.54) is 18.5 Å². The van der Waals surface area contributed by atoms with E-state index < -0.39 is 0 Å². The summed E-state index contributed by atoms with van der Waals surface area (Å²) in [6.07, 6.45) is 2.45. The first-order valence-corrected chi connectivity index (χ1v) is 10.9. The highest BCUT2D eigenvalue weighted by molar-refractivity contribution is 5.58. The molecule has 2 aliphatic rings. The van der Waals surface area contributed by atoms with Gasteiger partial charge in [0.25, 0.3) is 0 Å². The van der Waals surface area contributed by atoms with Crippen molar-refractivity contribution in [3.8, 4) is 17.2 Å². The Morgan fingerprint density at radius 3 is 2.50 bits per heavy atom. The number of hydrogen-bond donors (Lipinski definition) is 1. The monoisotopic (exact) mass is 411 g/mol. The fraction of sp³-hybridized carbons (Fsp3) is 0.500. The third kappa shape index (κ3) is 4.65. The molecule has 0 aromatic heterocycles. The topological polar surface area (TPSA) is 48.4 Å². The van der Waals surface area contributed by atoms with Crippen LogP contribution in [0.2, 0.25) is 0 Å². The third-order valence-corrected chi connectivity index (χ3v) is 6.42. The molecule has 2 heterocycles. The highest BCUT2D eigenvalue weighted by atomic mass is 16.5. The van der Waals surface area contributed by atoms with Crippen molar-refractivity contribution in [3.05, 3.63) is 48.0 Å². The Kier molecular flexibility index (Phi) is 6.65. The largest absolute Gasteiger partial charge is 0.507 e. The lowest BCUT2D eigenvalue weighted by atomic mass is 10.0. The Bertz CT molecular complexity index is 836. The highest BCUT2D eigenvalue weighted by Crippen LogP contribution is 2.30. The van der Waals surface area contributed by atoms with Gasteiger partial charge in [-0.2, -0.15) is 0 Å². The van der Waals surface area contributed by atoms with E-state index in [-0.39, 0.29) is 0 Å². The quantitative estimate of drug-likeness (QED) is 0.788. The molecule has 2 aliphatic heterocycles. The molecule has 0 spiro atoms. The first-order chi connectivity index (χ1) is 14.7. The van der Waals surface area contributed by atoms with Gasteiger partial charge in [-0.3, -0.25) is 9.80 Å². The second kappa shape index (κ2) is 9.58. The SMILES string of the molecule is COc1ccc(CN2CCC[C@@H](N3CCN(c4ccccc4OC)CC3)C2)c(O)c1. The number of methoxy groups -OCH3 is 2. The molecule has 2 saturated heterocycles. The summed E-state index contributed by atoms with van der Waals surface area (Å²) in [5.41, 5.74) is 2.16. The number of hydrogen-bond acceptors (Lipinski definition) is 6. The molecule has 4 rings (SSSR count). The smallest absolute Gasteiger partial charge is 0.142 e. The minimum absolute atomic E-state index is 0.321. The van der Waals surface area contributed by atoms with Crippen LogP contribution in [-0.2, 0) is 6.54 Å². The average Bonchev–Trinajstić information content (AvgIpc) is 2.80. The van der Waals surface area contributed by atoms with Gasteiger partial charge in [0.2, 0.25) is 0 Å². The van der Waals surface area contributed by atoms with Gasteiger partial charge >= 0.3 is 0 Å². The molecule has 162 valence electrons. The third-order valence-electron chi connectivity index (χ3n) is 6.42. The summed E-state index contributed by atoms with van der Waals surface area (Å²) in [4.78, 5) is 7.56. The van der Waals surface area contributed by atoms with Gasteiger partial charge in [0.1, 0.15) is 17.2 Å². The van der Waals surface area contributed by atoms with Gasteiger partial charge in [0, 0.05) is 56.9 Å². The van der Waals surface area contributed by atoms with E-state index in [1.54, 1.807) is 20.3 Å². The predicted octanol–water partition coefficient (Wildman–Crippen LogP) is 3.20. The molecule has 2 fully saturated rings. The number of phenols is 1. The van der Waals surface area contributed by atoms with Crippen LogP contribution >= 0.6 is 0 Å². The van der Waals surface area contributed by atoms with Crippen LogP contribution in [0.15, 0.2) is 42.5 Å². The summed E-state index contributed by atoms with van der Waals surface area (Å²) in [7, 11) is 3.36. The lowest BCUT2D eigenvalue weighted by molar-refractivity contribution is 0.0882. The maximum atomic E-state index is 10.3. The number of nitrogens with zero attached hydrogens (tertiary/aromatic N) is 3. The van der Waals surface area contributed by atoms with E-state index in [9.17, 15) is 5.11 Å². The van der Waals surface area contributed by atoms with E-state index in [0.29, 0.717) is 17.5 Å². The van der Waals surface area contributed by atoms with E-state index in [1.807, 2.05) is 24.3 Å². The summed E-state index contributed by atoms with van der Waals surface area (Å²) < 4.78 is 10.7. The van der Waals surface area contributed by atoms with Gasteiger partial charge in [-0.1, -0.05) is 18.2 Å². The molecule has 6 heteroatoms. The molecule has 0 saturated carbocycles. The minimum atomic E-state index is 0.321. The number of rotatable bonds is 6. The van der Waals surface area contributed by atoms with Gasteiger partial charge in [0.15, 0.2) is 0 Å². The number of likely N-dealkylation sites (tertiary alicyclic amines) is 1. The number of anilines is 1. The van der Waals surface area contributed by atoms with Crippen molar-refractivity contribution in [2.24, 2.45) is 0 Å². The predicted molar refractivity (Wildman–Crippen MR) is 120 cm³/mol. The molecule has 30 heavy (non-hydrogen) atoms. The maximum absolute atomic E-state index is 10.3. The lowest BCUT2D eigenvalue weighted by Gasteiger charge is -2.44. The lowest BCUT2D eigenvalue weighted by Crippen LogP contribution is -2.55. The summed E-state index contributed by atoms with van der Waals surface area (Å²) in [6.45, 7) is 7.12. The molecule has 2 aromatic rings. The van der Waals surface area contributed by atoms with Crippen molar-refractivity contribution in [1.82, 2.24) is 9.80 Å². The number of ether oxygens (including phenoxy) is 2. The molecule has 0 aliphatic carbocycles. The van der Waals surface area contributed by atoms with Crippen LogP contribution in [0.3, 0.4) is 0 Å². The van der Waals surface area contributed by atoms with Crippen LogP contribution in [0.5, 0.6) is 17.2 Å². The Hall–Kier alpha value is -2.44. The summed E-state index contributed by atoms with van der Waals surface area (Å²) in [5, 5.41) is 10.3. The van der Waals surface area contributed by atoms with Gasteiger partial charge in [0.05, 0.1) is 19.9 Å². The second-order valence-corrected chi connectivity index (χ2v) is 8.22. The fourth-order valence-electron chi connectivity index (χ4n) is 4.74. The van der Waals surface area contributed by atoms with E-state index in [0.717, 1.165) is 57.1 Å². The standard InChI is InChI=1S/C24H33N3O3/c1-29-21-10-9-19(23(28)16-21)17-25-11-5-6-20(18-25)26-12-14-27(15-13-26)22-7-3-4-8-24(22)30-2/h3-4,7-10,16,20,28H,5-6,11-15,17-18H2,1-2H3/t20-/m1/s1. The molecule has 0 radical (unpaired) electrons. The van der Waals surface area contributed by atoms with E-state index in [4.69, 9.17) is 9.47 Å². The molecular formula is C24H33N3O3. The van der Waals surface area contributed by atoms with Crippen LogP contribution < -0.4 is 14.4 Å². The molecular weight excluding hydrogens is 378 g/mol.